The molecule has 1 amide bonds. The minimum absolute atomic E-state index is 0.0265. The Morgan fingerprint density at radius 3 is 2.20 bits per heavy atom. The molecule has 9 heteroatoms. The predicted octanol–water partition coefficient (Wildman–Crippen LogP) is 4.09. The van der Waals surface area contributed by atoms with Gasteiger partial charge >= 0.3 is 0 Å². The Labute approximate surface area is 206 Å². The molecule has 35 heavy (non-hydrogen) atoms. The fourth-order valence-electron chi connectivity index (χ4n) is 3.69. The Morgan fingerprint density at radius 2 is 1.57 bits per heavy atom. The average Bonchev–Trinajstić information content (AvgIpc) is 2.87. The fraction of sp³-hybridized carbons (Fsp3) is 0.269. The minimum Gasteiger partial charge on any atom is -0.497 e. The number of anilines is 1. The van der Waals surface area contributed by atoms with Crippen LogP contribution in [-0.4, -0.2) is 42.2 Å². The number of ether oxygens (including phenoxy) is 3. The predicted molar refractivity (Wildman–Crippen MR) is 135 cm³/mol. The maximum Gasteiger partial charge on any atom is 0.268 e. The van der Waals surface area contributed by atoms with Gasteiger partial charge in [0.15, 0.2) is 0 Å². The molecule has 186 valence electrons. The van der Waals surface area contributed by atoms with Gasteiger partial charge in [-0.05, 0) is 61.9 Å². The molecule has 0 aliphatic heterocycles. The highest BCUT2D eigenvalue weighted by molar-refractivity contribution is 7.93. The largest absolute Gasteiger partial charge is 0.497 e. The van der Waals surface area contributed by atoms with E-state index in [0.717, 1.165) is 15.4 Å². The lowest BCUT2D eigenvalue weighted by atomic mass is 10.1. The number of rotatable bonds is 10. The summed E-state index contributed by atoms with van der Waals surface area (Å²) in [6.07, 6.45) is 0. The summed E-state index contributed by atoms with van der Waals surface area (Å²) < 4.78 is 44.6. The van der Waals surface area contributed by atoms with Crippen LogP contribution in [0.25, 0.3) is 0 Å². The molecular weight excluding hydrogens is 468 g/mol. The minimum atomic E-state index is -4.17. The van der Waals surface area contributed by atoms with Crippen molar-refractivity contribution >= 4 is 21.6 Å². The van der Waals surface area contributed by atoms with Gasteiger partial charge in [-0.15, -0.1) is 0 Å². The van der Waals surface area contributed by atoms with Gasteiger partial charge in [0.05, 0.1) is 33.1 Å². The van der Waals surface area contributed by atoms with Crippen molar-refractivity contribution in [2.75, 3.05) is 32.2 Å². The van der Waals surface area contributed by atoms with Crippen molar-refractivity contribution in [3.8, 4) is 17.2 Å². The molecule has 0 saturated heterocycles. The van der Waals surface area contributed by atoms with Gasteiger partial charge in [0.25, 0.3) is 10.0 Å². The van der Waals surface area contributed by atoms with Crippen LogP contribution in [0.3, 0.4) is 0 Å². The van der Waals surface area contributed by atoms with Crippen LogP contribution in [0.1, 0.15) is 24.1 Å². The highest BCUT2D eigenvalue weighted by Crippen LogP contribution is 2.32. The zero-order chi connectivity index (χ0) is 25.6. The van der Waals surface area contributed by atoms with Crippen LogP contribution in [0, 0.1) is 6.92 Å². The van der Waals surface area contributed by atoms with Crippen molar-refractivity contribution in [2.45, 2.75) is 24.8 Å². The van der Waals surface area contributed by atoms with Gasteiger partial charge in [-0.1, -0.05) is 24.3 Å². The molecule has 1 atom stereocenters. The van der Waals surface area contributed by atoms with Crippen molar-refractivity contribution in [1.82, 2.24) is 5.32 Å². The van der Waals surface area contributed by atoms with Crippen LogP contribution in [0.2, 0.25) is 0 Å². The molecular formula is C26H30N2O6S. The van der Waals surface area contributed by atoms with Gasteiger partial charge in [-0.25, -0.2) is 8.42 Å². The van der Waals surface area contributed by atoms with Crippen molar-refractivity contribution < 1.29 is 27.4 Å². The van der Waals surface area contributed by atoms with Gasteiger partial charge < -0.3 is 19.5 Å². The van der Waals surface area contributed by atoms with E-state index in [0.29, 0.717) is 17.2 Å². The third-order valence-corrected chi connectivity index (χ3v) is 7.31. The van der Waals surface area contributed by atoms with Crippen LogP contribution in [-0.2, 0) is 14.8 Å². The zero-order valence-corrected chi connectivity index (χ0v) is 21.3. The number of benzene rings is 3. The molecule has 0 bridgehead atoms. The number of aryl methyl sites for hydroxylation is 1. The maximum atomic E-state index is 13.8. The summed E-state index contributed by atoms with van der Waals surface area (Å²) >= 11 is 0. The van der Waals surface area contributed by atoms with E-state index in [-0.39, 0.29) is 10.6 Å². The molecule has 0 heterocycles. The Balaban J connectivity index is 1.98. The third-order valence-electron chi connectivity index (χ3n) is 5.52. The van der Waals surface area contributed by atoms with Crippen LogP contribution in [0.15, 0.2) is 71.6 Å². The molecule has 1 N–H and O–H groups in total. The molecule has 0 fully saturated rings. The van der Waals surface area contributed by atoms with Crippen LogP contribution < -0.4 is 23.8 Å². The molecule has 0 aromatic heterocycles. The first kappa shape index (κ1) is 25.9. The topological polar surface area (TPSA) is 94.2 Å². The second kappa shape index (κ2) is 11.1. The summed E-state index contributed by atoms with van der Waals surface area (Å²) in [5, 5.41) is 2.88. The smallest absolute Gasteiger partial charge is 0.268 e. The number of amides is 1. The summed E-state index contributed by atoms with van der Waals surface area (Å²) in [6, 6.07) is 18.3. The molecule has 0 aliphatic rings. The van der Waals surface area contributed by atoms with Crippen LogP contribution in [0.5, 0.6) is 17.2 Å². The Kier molecular flexibility index (Phi) is 8.24. The second-order valence-electron chi connectivity index (χ2n) is 7.90. The van der Waals surface area contributed by atoms with Crippen molar-refractivity contribution in [2.24, 2.45) is 0 Å². The van der Waals surface area contributed by atoms with E-state index in [9.17, 15) is 13.2 Å². The van der Waals surface area contributed by atoms with E-state index in [4.69, 9.17) is 14.2 Å². The monoisotopic (exact) mass is 498 g/mol. The Bertz CT molecular complexity index is 1280. The quantitative estimate of drug-likeness (QED) is 0.452. The van der Waals surface area contributed by atoms with Crippen LogP contribution in [0.4, 0.5) is 5.69 Å². The number of methoxy groups -OCH3 is 3. The second-order valence-corrected chi connectivity index (χ2v) is 9.73. The van der Waals surface area contributed by atoms with Crippen molar-refractivity contribution in [3.63, 3.8) is 0 Å². The van der Waals surface area contributed by atoms with Crippen molar-refractivity contribution in [3.05, 3.63) is 77.9 Å². The summed E-state index contributed by atoms with van der Waals surface area (Å²) in [7, 11) is 0.318. The van der Waals surface area contributed by atoms with E-state index < -0.39 is 28.5 Å². The van der Waals surface area contributed by atoms with Gasteiger partial charge in [0.2, 0.25) is 5.91 Å². The Hall–Kier alpha value is -3.72. The maximum absolute atomic E-state index is 13.8. The molecule has 8 nitrogen and oxygen atoms in total. The molecule has 0 saturated carbocycles. The number of nitrogens with zero attached hydrogens (tertiary/aromatic N) is 1. The lowest BCUT2D eigenvalue weighted by Crippen LogP contribution is -2.41. The number of hydrogen-bond donors (Lipinski definition) is 1. The van der Waals surface area contributed by atoms with Crippen molar-refractivity contribution in [1.29, 1.82) is 0 Å². The number of para-hydroxylation sites is 1. The molecule has 0 aliphatic carbocycles. The highest BCUT2D eigenvalue weighted by atomic mass is 32.2. The first-order chi connectivity index (χ1) is 16.7. The summed E-state index contributed by atoms with van der Waals surface area (Å²) in [4.78, 5) is 13.1. The first-order valence-corrected chi connectivity index (χ1v) is 12.4. The van der Waals surface area contributed by atoms with Gasteiger partial charge in [0, 0.05) is 5.56 Å². The molecule has 0 radical (unpaired) electrons. The standard InChI is InChI=1S/C26H30N2O6S/c1-18-10-15-24(34-5)25(16-18)35(30,31)28(20-11-13-21(32-3)14-12-20)17-26(29)27-19(2)22-8-6-7-9-23(22)33-4/h6-16,19H,17H2,1-5H3,(H,27,29)/t19-/m1/s1. The third kappa shape index (κ3) is 5.86. The summed E-state index contributed by atoms with van der Waals surface area (Å²) in [5.74, 6) is 0.907. The lowest BCUT2D eigenvalue weighted by Gasteiger charge is -2.26. The average molecular weight is 499 g/mol. The van der Waals surface area contributed by atoms with Gasteiger partial charge in [-0.2, -0.15) is 0 Å². The summed E-state index contributed by atoms with van der Waals surface area (Å²) in [5.41, 5.74) is 1.84. The number of sulfonamides is 1. The molecule has 3 aromatic rings. The molecule has 3 rings (SSSR count). The molecule has 3 aromatic carbocycles. The fourth-order valence-corrected chi connectivity index (χ4v) is 5.35. The van der Waals surface area contributed by atoms with E-state index in [1.165, 1.54) is 20.3 Å². The Morgan fingerprint density at radius 1 is 0.914 bits per heavy atom. The normalized spacial score (nSPS) is 11.9. The van der Waals surface area contributed by atoms with Crippen LogP contribution >= 0.6 is 0 Å². The van der Waals surface area contributed by atoms with Gasteiger partial charge in [-0.3, -0.25) is 9.10 Å². The molecule has 0 spiro atoms. The number of carbonyl (C=O) groups is 1. The summed E-state index contributed by atoms with van der Waals surface area (Å²) in [6.45, 7) is 3.16. The number of carbonyl (C=O) groups excluding carboxylic acids is 1. The number of hydrogen-bond acceptors (Lipinski definition) is 6. The zero-order valence-electron chi connectivity index (χ0n) is 20.4. The molecule has 0 unspecified atom stereocenters. The van der Waals surface area contributed by atoms with Gasteiger partial charge in [0.1, 0.15) is 28.7 Å². The highest BCUT2D eigenvalue weighted by Gasteiger charge is 2.31. The lowest BCUT2D eigenvalue weighted by molar-refractivity contribution is -0.120. The SMILES string of the molecule is COc1ccc(N(CC(=O)N[C@H](C)c2ccccc2OC)S(=O)(=O)c2cc(C)ccc2OC)cc1. The van der Waals surface area contributed by atoms with E-state index >= 15 is 0 Å². The van der Waals surface area contributed by atoms with E-state index in [1.54, 1.807) is 56.5 Å². The number of nitrogens with one attached hydrogen (secondary N) is 1. The first-order valence-electron chi connectivity index (χ1n) is 10.9. The van der Waals surface area contributed by atoms with E-state index in [1.807, 2.05) is 25.1 Å². The van der Waals surface area contributed by atoms with E-state index in [2.05, 4.69) is 5.32 Å².